The summed E-state index contributed by atoms with van der Waals surface area (Å²) in [6.45, 7) is 1.32. The van der Waals surface area contributed by atoms with Gasteiger partial charge in [-0.3, -0.25) is 14.2 Å². The molecule has 2 aromatic carbocycles. The van der Waals surface area contributed by atoms with Crippen LogP contribution in [0.1, 0.15) is 18.4 Å². The maximum Gasteiger partial charge on any atom is 0.261 e. The van der Waals surface area contributed by atoms with E-state index >= 15 is 0 Å². The summed E-state index contributed by atoms with van der Waals surface area (Å²) in [5.41, 5.74) is 1.36. The van der Waals surface area contributed by atoms with Crippen molar-refractivity contribution in [3.63, 3.8) is 0 Å². The van der Waals surface area contributed by atoms with E-state index in [4.69, 9.17) is 0 Å². The summed E-state index contributed by atoms with van der Waals surface area (Å²) in [6, 6.07) is 14.3. The number of rotatable bonds is 4. The highest BCUT2D eigenvalue weighted by Crippen LogP contribution is 2.22. The van der Waals surface area contributed by atoms with Crippen molar-refractivity contribution in [1.82, 2.24) is 14.5 Å². The lowest BCUT2D eigenvalue weighted by atomic mass is 9.90. The molecular formula is C22H22FN3O2. The molecule has 1 aromatic heterocycles. The molecule has 0 spiro atoms. The molecule has 1 aliphatic heterocycles. The highest BCUT2D eigenvalue weighted by atomic mass is 19.1. The number of carbonyl (C=O) groups is 1. The van der Waals surface area contributed by atoms with E-state index in [1.165, 1.54) is 34.7 Å². The van der Waals surface area contributed by atoms with Crippen molar-refractivity contribution >= 4 is 16.8 Å². The Morgan fingerprint density at radius 1 is 1.11 bits per heavy atom. The number of fused-ring (bicyclic) bond motifs is 1. The molecule has 0 radical (unpaired) electrons. The summed E-state index contributed by atoms with van der Waals surface area (Å²) in [5, 5.41) is 0.192. The molecule has 2 heterocycles. The molecule has 0 atom stereocenters. The van der Waals surface area contributed by atoms with Crippen molar-refractivity contribution in [2.75, 3.05) is 13.1 Å². The van der Waals surface area contributed by atoms with Crippen LogP contribution < -0.4 is 5.56 Å². The highest BCUT2D eigenvalue weighted by molar-refractivity contribution is 5.79. The van der Waals surface area contributed by atoms with Gasteiger partial charge in [0.05, 0.1) is 17.2 Å². The molecule has 4 rings (SSSR count). The first kappa shape index (κ1) is 18.3. The van der Waals surface area contributed by atoms with Gasteiger partial charge in [0, 0.05) is 13.1 Å². The minimum atomic E-state index is -0.490. The lowest BCUT2D eigenvalue weighted by Crippen LogP contribution is -2.41. The summed E-state index contributed by atoms with van der Waals surface area (Å²) >= 11 is 0. The molecule has 5 nitrogen and oxygen atoms in total. The third-order valence-electron chi connectivity index (χ3n) is 5.43. The second kappa shape index (κ2) is 7.92. The van der Waals surface area contributed by atoms with E-state index in [9.17, 15) is 14.0 Å². The number of aromatic nitrogens is 2. The number of carbonyl (C=O) groups excluding carboxylic acids is 1. The molecule has 1 amide bonds. The molecule has 0 unspecified atom stereocenters. The van der Waals surface area contributed by atoms with Gasteiger partial charge in [-0.1, -0.05) is 30.3 Å². The Kier molecular flexibility index (Phi) is 5.19. The molecule has 28 heavy (non-hydrogen) atoms. The van der Waals surface area contributed by atoms with E-state index in [2.05, 4.69) is 29.2 Å². The van der Waals surface area contributed by atoms with Gasteiger partial charge in [0.25, 0.3) is 5.56 Å². The SMILES string of the molecule is O=C(Cn1cnc2ccc(F)cc2c1=O)N1CCC(Cc2ccccc2)CC1. The normalized spacial score (nSPS) is 15.1. The molecule has 0 bridgehead atoms. The Morgan fingerprint density at radius 3 is 2.61 bits per heavy atom. The summed E-state index contributed by atoms with van der Waals surface area (Å²) in [4.78, 5) is 31.2. The first-order valence-electron chi connectivity index (χ1n) is 9.56. The predicted molar refractivity (Wildman–Crippen MR) is 105 cm³/mol. The van der Waals surface area contributed by atoms with Crippen LogP contribution >= 0.6 is 0 Å². The van der Waals surface area contributed by atoms with Crippen LogP contribution in [-0.2, 0) is 17.8 Å². The van der Waals surface area contributed by atoms with Crippen LogP contribution in [-0.4, -0.2) is 33.4 Å². The maximum absolute atomic E-state index is 13.4. The van der Waals surface area contributed by atoms with Crippen LogP contribution in [0.2, 0.25) is 0 Å². The lowest BCUT2D eigenvalue weighted by molar-refractivity contribution is -0.133. The van der Waals surface area contributed by atoms with Crippen molar-refractivity contribution in [3.05, 3.63) is 76.6 Å². The van der Waals surface area contributed by atoms with Crippen LogP contribution in [0, 0.1) is 11.7 Å². The number of nitrogens with zero attached hydrogens (tertiary/aromatic N) is 3. The second-order valence-corrected chi connectivity index (χ2v) is 7.35. The molecule has 1 fully saturated rings. The summed E-state index contributed by atoms with van der Waals surface area (Å²) in [7, 11) is 0. The van der Waals surface area contributed by atoms with Crippen molar-refractivity contribution in [2.24, 2.45) is 5.92 Å². The molecule has 1 saturated heterocycles. The van der Waals surface area contributed by atoms with E-state index in [-0.39, 0.29) is 17.8 Å². The zero-order valence-electron chi connectivity index (χ0n) is 15.6. The minimum Gasteiger partial charge on any atom is -0.341 e. The third-order valence-corrected chi connectivity index (χ3v) is 5.43. The lowest BCUT2D eigenvalue weighted by Gasteiger charge is -2.32. The summed E-state index contributed by atoms with van der Waals surface area (Å²) in [5.74, 6) is -0.0201. The largest absolute Gasteiger partial charge is 0.341 e. The fourth-order valence-electron chi connectivity index (χ4n) is 3.82. The summed E-state index contributed by atoms with van der Waals surface area (Å²) in [6.07, 6.45) is 4.30. The molecule has 0 N–H and O–H groups in total. The quantitative estimate of drug-likeness (QED) is 0.700. The van der Waals surface area contributed by atoms with Crippen LogP contribution in [0.15, 0.2) is 59.7 Å². The van der Waals surface area contributed by atoms with Crippen LogP contribution in [0.25, 0.3) is 10.9 Å². The van der Waals surface area contributed by atoms with Crippen molar-refractivity contribution in [1.29, 1.82) is 0 Å². The van der Waals surface area contributed by atoms with Crippen LogP contribution in [0.3, 0.4) is 0 Å². The molecule has 1 aliphatic rings. The Bertz CT molecular complexity index is 1040. The molecule has 144 valence electrons. The van der Waals surface area contributed by atoms with E-state index in [0.717, 1.165) is 19.3 Å². The zero-order chi connectivity index (χ0) is 19.5. The first-order chi connectivity index (χ1) is 13.6. The monoisotopic (exact) mass is 379 g/mol. The average Bonchev–Trinajstić information content (AvgIpc) is 2.72. The van der Waals surface area contributed by atoms with Crippen LogP contribution in [0.5, 0.6) is 0 Å². The Balaban J connectivity index is 1.39. The average molecular weight is 379 g/mol. The number of halogens is 1. The smallest absolute Gasteiger partial charge is 0.261 e. The van der Waals surface area contributed by atoms with Gasteiger partial charge >= 0.3 is 0 Å². The van der Waals surface area contributed by atoms with Gasteiger partial charge in [-0.15, -0.1) is 0 Å². The van der Waals surface area contributed by atoms with Gasteiger partial charge in [-0.25, -0.2) is 9.37 Å². The first-order valence-corrected chi connectivity index (χ1v) is 9.56. The van der Waals surface area contributed by atoms with Gasteiger partial charge in [-0.05, 0) is 48.9 Å². The van der Waals surface area contributed by atoms with E-state index in [0.29, 0.717) is 24.5 Å². The van der Waals surface area contributed by atoms with E-state index < -0.39 is 11.4 Å². The Morgan fingerprint density at radius 2 is 1.86 bits per heavy atom. The molecule has 6 heteroatoms. The van der Waals surface area contributed by atoms with Gasteiger partial charge in [0.15, 0.2) is 0 Å². The number of amides is 1. The predicted octanol–water partition coefficient (Wildman–Crippen LogP) is 3.02. The highest BCUT2D eigenvalue weighted by Gasteiger charge is 2.23. The topological polar surface area (TPSA) is 55.2 Å². The second-order valence-electron chi connectivity index (χ2n) is 7.35. The standard InChI is InChI=1S/C22H22FN3O2/c23-18-6-7-20-19(13-18)22(28)26(15-24-20)14-21(27)25-10-8-17(9-11-25)12-16-4-2-1-3-5-16/h1-7,13,15,17H,8-12,14H2. The number of likely N-dealkylation sites (tertiary alicyclic amines) is 1. The van der Waals surface area contributed by atoms with Gasteiger partial charge < -0.3 is 4.90 Å². The maximum atomic E-state index is 13.4. The molecular weight excluding hydrogens is 357 g/mol. The number of piperidine rings is 1. The fourth-order valence-corrected chi connectivity index (χ4v) is 3.82. The van der Waals surface area contributed by atoms with Gasteiger partial charge in [-0.2, -0.15) is 0 Å². The van der Waals surface area contributed by atoms with E-state index in [1.807, 2.05) is 11.0 Å². The van der Waals surface area contributed by atoms with Crippen molar-refractivity contribution in [2.45, 2.75) is 25.8 Å². The molecule has 0 aliphatic carbocycles. The van der Waals surface area contributed by atoms with Gasteiger partial charge in [0.1, 0.15) is 12.4 Å². The van der Waals surface area contributed by atoms with Crippen molar-refractivity contribution in [3.8, 4) is 0 Å². The van der Waals surface area contributed by atoms with Gasteiger partial charge in [0.2, 0.25) is 5.91 Å². The molecule has 0 saturated carbocycles. The van der Waals surface area contributed by atoms with Crippen molar-refractivity contribution < 1.29 is 9.18 Å². The number of hydrogen-bond acceptors (Lipinski definition) is 3. The Labute approximate surface area is 162 Å². The fraction of sp³-hybridized carbons (Fsp3) is 0.318. The number of benzene rings is 2. The number of hydrogen-bond donors (Lipinski definition) is 0. The summed E-state index contributed by atoms with van der Waals surface area (Å²) < 4.78 is 14.7. The minimum absolute atomic E-state index is 0.0678. The zero-order valence-corrected chi connectivity index (χ0v) is 15.6. The molecule has 3 aromatic rings. The van der Waals surface area contributed by atoms with Crippen LogP contribution in [0.4, 0.5) is 4.39 Å². The Hall–Kier alpha value is -3.02. The van der Waals surface area contributed by atoms with E-state index in [1.54, 1.807) is 0 Å². The third kappa shape index (κ3) is 3.96.